The molecule has 2 rings (SSSR count). The van der Waals surface area contributed by atoms with Crippen molar-refractivity contribution < 1.29 is 4.92 Å². The first kappa shape index (κ1) is 14.7. The van der Waals surface area contributed by atoms with Crippen LogP contribution < -0.4 is 5.32 Å². The van der Waals surface area contributed by atoms with Gasteiger partial charge in [-0.05, 0) is 36.2 Å². The predicted octanol–water partition coefficient (Wildman–Crippen LogP) is 3.72. The van der Waals surface area contributed by atoms with E-state index in [-0.39, 0.29) is 22.5 Å². The van der Waals surface area contributed by atoms with Crippen molar-refractivity contribution in [3.8, 4) is 0 Å². The fourth-order valence-electron chi connectivity index (χ4n) is 1.71. The summed E-state index contributed by atoms with van der Waals surface area (Å²) in [5, 5.41) is 14.0. The van der Waals surface area contributed by atoms with Gasteiger partial charge in [-0.1, -0.05) is 28.1 Å². The topological polar surface area (TPSA) is 81.0 Å². The van der Waals surface area contributed by atoms with Crippen LogP contribution in [0.4, 0.5) is 11.5 Å². The fraction of sp³-hybridized carbons (Fsp3) is 0.167. The molecule has 1 heterocycles. The highest BCUT2D eigenvalue weighted by Crippen LogP contribution is 2.27. The number of hydrogen-bond acceptors (Lipinski definition) is 5. The Morgan fingerprint density at radius 2 is 2.20 bits per heavy atom. The van der Waals surface area contributed by atoms with Gasteiger partial charge in [0.05, 0.1) is 4.92 Å². The maximum atomic E-state index is 11.1. The first-order valence-corrected chi connectivity index (χ1v) is 6.81. The van der Waals surface area contributed by atoms with Gasteiger partial charge in [0.1, 0.15) is 5.69 Å². The summed E-state index contributed by atoms with van der Waals surface area (Å²) in [4.78, 5) is 18.2. The minimum absolute atomic E-state index is 0.0233. The predicted molar refractivity (Wildman–Crippen MR) is 79.9 cm³/mol. The summed E-state index contributed by atoms with van der Waals surface area (Å²) >= 11 is 9.11. The van der Waals surface area contributed by atoms with Crippen LogP contribution in [0.15, 0.2) is 28.7 Å². The molecule has 0 bridgehead atoms. The summed E-state index contributed by atoms with van der Waals surface area (Å²) in [6, 6.07) is 7.60. The lowest BCUT2D eigenvalue weighted by Crippen LogP contribution is -2.07. The number of rotatable bonds is 4. The number of hydrogen-bond donors (Lipinski definition) is 1. The molecule has 2 aromatic rings. The Bertz CT molecular complexity index is 666. The minimum atomic E-state index is -0.519. The molecule has 104 valence electrons. The van der Waals surface area contributed by atoms with Crippen LogP contribution in [0.25, 0.3) is 0 Å². The molecule has 0 radical (unpaired) electrons. The molecule has 0 aliphatic carbocycles. The molecule has 20 heavy (non-hydrogen) atoms. The molecule has 1 N–H and O–H groups in total. The van der Waals surface area contributed by atoms with Gasteiger partial charge in [-0.2, -0.15) is 4.98 Å². The first-order chi connectivity index (χ1) is 9.47. The van der Waals surface area contributed by atoms with Crippen molar-refractivity contribution >= 4 is 39.0 Å². The zero-order valence-electron chi connectivity index (χ0n) is 10.4. The molecule has 0 spiro atoms. The highest BCUT2D eigenvalue weighted by atomic mass is 79.9. The summed E-state index contributed by atoms with van der Waals surface area (Å²) in [5.74, 6) is 0.118. The molecular formula is C12H10BrClN4O2. The second-order valence-electron chi connectivity index (χ2n) is 4.02. The maximum Gasteiger partial charge on any atom is 0.332 e. The monoisotopic (exact) mass is 356 g/mol. The average Bonchev–Trinajstić information content (AvgIpc) is 2.35. The Morgan fingerprint density at radius 3 is 2.85 bits per heavy atom. The zero-order chi connectivity index (χ0) is 14.7. The number of nitrogens with one attached hydrogen (secondary N) is 1. The quantitative estimate of drug-likeness (QED) is 0.512. The molecule has 1 aromatic carbocycles. The fourth-order valence-corrected chi connectivity index (χ4v) is 2.37. The van der Waals surface area contributed by atoms with Crippen LogP contribution in [0.2, 0.25) is 5.28 Å². The molecule has 8 heteroatoms. The number of benzene rings is 1. The van der Waals surface area contributed by atoms with E-state index in [2.05, 4.69) is 31.2 Å². The van der Waals surface area contributed by atoms with Crippen molar-refractivity contribution in [3.63, 3.8) is 0 Å². The molecule has 0 aliphatic rings. The maximum absolute atomic E-state index is 11.1. The Morgan fingerprint density at radius 1 is 1.45 bits per heavy atom. The Balaban J connectivity index is 2.27. The number of nitro groups is 1. The van der Waals surface area contributed by atoms with Gasteiger partial charge < -0.3 is 5.32 Å². The molecule has 0 fully saturated rings. The molecule has 0 saturated heterocycles. The molecule has 0 atom stereocenters. The summed E-state index contributed by atoms with van der Waals surface area (Å²) in [6.07, 6.45) is 0. The molecule has 0 unspecified atom stereocenters. The first-order valence-electron chi connectivity index (χ1n) is 5.64. The van der Waals surface area contributed by atoms with Crippen LogP contribution in [-0.2, 0) is 6.54 Å². The number of aryl methyl sites for hydroxylation is 1. The van der Waals surface area contributed by atoms with Gasteiger partial charge in [-0.25, -0.2) is 4.98 Å². The van der Waals surface area contributed by atoms with E-state index in [1.807, 2.05) is 24.3 Å². The lowest BCUT2D eigenvalue weighted by molar-refractivity contribution is -0.385. The molecule has 0 aliphatic heterocycles. The smallest absolute Gasteiger partial charge is 0.332 e. The van der Waals surface area contributed by atoms with E-state index >= 15 is 0 Å². The molecule has 1 aromatic heterocycles. The van der Waals surface area contributed by atoms with Gasteiger partial charge in [0.2, 0.25) is 11.1 Å². The van der Waals surface area contributed by atoms with Crippen LogP contribution in [0, 0.1) is 17.0 Å². The molecule has 6 nitrogen and oxygen atoms in total. The lowest BCUT2D eigenvalue weighted by Gasteiger charge is -2.08. The highest BCUT2D eigenvalue weighted by Gasteiger charge is 2.21. The Hall–Kier alpha value is -1.73. The van der Waals surface area contributed by atoms with Crippen LogP contribution in [-0.4, -0.2) is 14.9 Å². The lowest BCUT2D eigenvalue weighted by atomic mass is 10.2. The van der Waals surface area contributed by atoms with Gasteiger partial charge in [0, 0.05) is 11.0 Å². The van der Waals surface area contributed by atoms with Crippen LogP contribution in [0.1, 0.15) is 11.3 Å². The second-order valence-corrected chi connectivity index (χ2v) is 5.27. The van der Waals surface area contributed by atoms with Crippen LogP contribution >= 0.6 is 27.5 Å². The Labute approximate surface area is 128 Å². The van der Waals surface area contributed by atoms with E-state index in [0.29, 0.717) is 6.54 Å². The summed E-state index contributed by atoms with van der Waals surface area (Å²) < 4.78 is 0.934. The number of nitrogens with zero attached hydrogens (tertiary/aromatic N) is 3. The van der Waals surface area contributed by atoms with E-state index in [1.54, 1.807) is 0 Å². The normalized spacial score (nSPS) is 10.3. The molecule has 0 amide bonds. The summed E-state index contributed by atoms with van der Waals surface area (Å²) in [6.45, 7) is 1.92. The number of aromatic nitrogens is 2. The van der Waals surface area contributed by atoms with Crippen molar-refractivity contribution in [1.29, 1.82) is 0 Å². The van der Waals surface area contributed by atoms with Gasteiger partial charge in [0.15, 0.2) is 0 Å². The minimum Gasteiger partial charge on any atom is -0.360 e. The second kappa shape index (κ2) is 6.15. The van der Waals surface area contributed by atoms with E-state index in [1.165, 1.54) is 6.92 Å². The van der Waals surface area contributed by atoms with Crippen molar-refractivity contribution in [1.82, 2.24) is 9.97 Å². The Kier molecular flexibility index (Phi) is 4.51. The van der Waals surface area contributed by atoms with Gasteiger partial charge in [-0.15, -0.1) is 0 Å². The van der Waals surface area contributed by atoms with Crippen molar-refractivity contribution in [3.05, 3.63) is 55.4 Å². The van der Waals surface area contributed by atoms with Crippen molar-refractivity contribution in [2.24, 2.45) is 0 Å². The summed E-state index contributed by atoms with van der Waals surface area (Å²) in [7, 11) is 0. The molecule has 0 saturated carbocycles. The third kappa shape index (κ3) is 3.43. The van der Waals surface area contributed by atoms with Crippen LogP contribution in [0.3, 0.4) is 0 Å². The van der Waals surface area contributed by atoms with Crippen LogP contribution in [0.5, 0.6) is 0 Å². The third-order valence-electron chi connectivity index (χ3n) is 2.56. The van der Waals surface area contributed by atoms with Crippen molar-refractivity contribution in [2.45, 2.75) is 13.5 Å². The van der Waals surface area contributed by atoms with Crippen molar-refractivity contribution in [2.75, 3.05) is 5.32 Å². The number of halogens is 2. The van der Waals surface area contributed by atoms with E-state index < -0.39 is 4.92 Å². The van der Waals surface area contributed by atoms with E-state index in [9.17, 15) is 10.1 Å². The largest absolute Gasteiger partial charge is 0.360 e. The van der Waals surface area contributed by atoms with E-state index in [4.69, 9.17) is 11.6 Å². The van der Waals surface area contributed by atoms with Gasteiger partial charge >= 0.3 is 5.69 Å². The number of anilines is 1. The standard InChI is InChI=1S/C12H10BrClN4O2/c1-7-10(18(19)20)11(17-12(14)16-7)15-6-8-3-2-4-9(13)5-8/h2-5H,6H2,1H3,(H,15,16,17). The molecular weight excluding hydrogens is 348 g/mol. The average molecular weight is 358 g/mol. The van der Waals surface area contributed by atoms with Gasteiger partial charge in [-0.3, -0.25) is 10.1 Å². The summed E-state index contributed by atoms with van der Waals surface area (Å²) in [5.41, 5.74) is 1.03. The van der Waals surface area contributed by atoms with Gasteiger partial charge in [0.25, 0.3) is 0 Å². The van der Waals surface area contributed by atoms with E-state index in [0.717, 1.165) is 10.0 Å². The SMILES string of the molecule is Cc1nc(Cl)nc(NCc2cccc(Br)c2)c1[N+](=O)[O-]. The highest BCUT2D eigenvalue weighted by molar-refractivity contribution is 9.10. The third-order valence-corrected chi connectivity index (χ3v) is 3.22. The zero-order valence-corrected chi connectivity index (χ0v) is 12.8.